The highest BCUT2D eigenvalue weighted by Gasteiger charge is 2.09. The van der Waals surface area contributed by atoms with Crippen molar-refractivity contribution in [3.05, 3.63) is 33.9 Å². The summed E-state index contributed by atoms with van der Waals surface area (Å²) in [5.74, 6) is 0. The molecule has 0 amide bonds. The summed E-state index contributed by atoms with van der Waals surface area (Å²) in [7, 11) is 6.53. The van der Waals surface area contributed by atoms with Crippen LogP contribution in [0.2, 0.25) is 0 Å². The van der Waals surface area contributed by atoms with Gasteiger partial charge in [-0.05, 0) is 40.7 Å². The van der Waals surface area contributed by atoms with E-state index in [9.17, 15) is 10.1 Å². The molecule has 1 aromatic rings. The number of aryl methyl sites for hydroxylation is 1. The first kappa shape index (κ1) is 9.35. The fraction of sp³-hybridized carbons (Fsp3) is 0.143. The molecule has 0 unspecified atom stereocenters. The van der Waals surface area contributed by atoms with Crippen molar-refractivity contribution in [1.29, 1.82) is 0 Å². The number of benzene rings is 1. The van der Waals surface area contributed by atoms with Gasteiger partial charge in [0.25, 0.3) is 5.69 Å². The molecule has 0 atom stereocenters. The van der Waals surface area contributed by atoms with E-state index in [2.05, 4.69) is 0 Å². The van der Waals surface area contributed by atoms with Crippen molar-refractivity contribution in [3.8, 4) is 0 Å². The zero-order valence-electron chi connectivity index (χ0n) is 6.28. The molecule has 1 rings (SSSR count). The van der Waals surface area contributed by atoms with Gasteiger partial charge >= 0.3 is 0 Å². The van der Waals surface area contributed by atoms with Crippen LogP contribution in [0.3, 0.4) is 0 Å². The summed E-state index contributed by atoms with van der Waals surface area (Å²) in [6.45, 7) is 1.69. The van der Waals surface area contributed by atoms with Crippen LogP contribution >= 0.6 is 21.7 Å². The molecule has 1 aromatic carbocycles. The maximum atomic E-state index is 10.4. The van der Waals surface area contributed by atoms with Gasteiger partial charge in [0.15, 0.2) is 0 Å². The van der Waals surface area contributed by atoms with Crippen LogP contribution in [0.25, 0.3) is 0 Å². The SMILES string of the molecule is Cc1cc(SCl)ccc1[N+](=O)[O-]. The second-order valence-corrected chi connectivity index (χ2v) is 3.37. The number of hydrogen-bond acceptors (Lipinski definition) is 3. The van der Waals surface area contributed by atoms with Crippen LogP contribution in [0.5, 0.6) is 0 Å². The van der Waals surface area contributed by atoms with Crippen molar-refractivity contribution < 1.29 is 4.92 Å². The Morgan fingerprint density at radius 3 is 2.67 bits per heavy atom. The van der Waals surface area contributed by atoms with Crippen molar-refractivity contribution >= 4 is 27.3 Å². The van der Waals surface area contributed by atoms with Gasteiger partial charge in [-0.1, -0.05) is 0 Å². The van der Waals surface area contributed by atoms with Gasteiger partial charge in [-0.25, -0.2) is 0 Å². The summed E-state index contributed by atoms with van der Waals surface area (Å²) in [5, 5.41) is 10.4. The minimum atomic E-state index is -0.405. The smallest absolute Gasteiger partial charge is 0.258 e. The average Bonchev–Trinajstić information content (AvgIpc) is 2.03. The molecule has 0 aliphatic carbocycles. The Kier molecular flexibility index (Phi) is 2.94. The van der Waals surface area contributed by atoms with Gasteiger partial charge in [0.05, 0.1) is 4.92 Å². The molecule has 0 bridgehead atoms. The van der Waals surface area contributed by atoms with Gasteiger partial charge in [-0.3, -0.25) is 10.1 Å². The Hall–Kier alpha value is -0.740. The minimum absolute atomic E-state index is 0.129. The number of nitro groups is 1. The van der Waals surface area contributed by atoms with Gasteiger partial charge in [0.2, 0.25) is 0 Å². The lowest BCUT2D eigenvalue weighted by Crippen LogP contribution is -1.90. The fourth-order valence-corrected chi connectivity index (χ4v) is 1.51. The first-order valence-corrected chi connectivity index (χ1v) is 4.83. The van der Waals surface area contributed by atoms with Crippen LogP contribution < -0.4 is 0 Å². The van der Waals surface area contributed by atoms with Gasteiger partial charge in [0, 0.05) is 16.5 Å². The number of nitro benzene ring substituents is 1. The third kappa shape index (κ3) is 1.89. The quantitative estimate of drug-likeness (QED) is 0.548. The summed E-state index contributed by atoms with van der Waals surface area (Å²) in [6.07, 6.45) is 0. The molecule has 0 aliphatic heterocycles. The molecule has 0 spiro atoms. The molecular formula is C7H6ClNO2S. The first-order valence-electron chi connectivity index (χ1n) is 3.19. The molecule has 12 heavy (non-hydrogen) atoms. The second kappa shape index (κ2) is 3.78. The molecule has 64 valence electrons. The van der Waals surface area contributed by atoms with Gasteiger partial charge < -0.3 is 0 Å². The van der Waals surface area contributed by atoms with E-state index < -0.39 is 4.92 Å². The van der Waals surface area contributed by atoms with Crippen LogP contribution in [0, 0.1) is 17.0 Å². The lowest BCUT2D eigenvalue weighted by Gasteiger charge is -1.97. The van der Waals surface area contributed by atoms with Crippen molar-refractivity contribution in [2.24, 2.45) is 0 Å². The van der Waals surface area contributed by atoms with Crippen LogP contribution in [0.1, 0.15) is 5.56 Å². The van der Waals surface area contributed by atoms with E-state index in [1.165, 1.54) is 6.07 Å². The van der Waals surface area contributed by atoms with E-state index in [1.54, 1.807) is 19.1 Å². The zero-order valence-corrected chi connectivity index (χ0v) is 7.85. The van der Waals surface area contributed by atoms with E-state index in [0.29, 0.717) is 5.56 Å². The number of halogens is 1. The lowest BCUT2D eigenvalue weighted by molar-refractivity contribution is -0.385. The highest BCUT2D eigenvalue weighted by molar-refractivity contribution is 8.21. The van der Waals surface area contributed by atoms with E-state index >= 15 is 0 Å². The van der Waals surface area contributed by atoms with Crippen molar-refractivity contribution in [2.45, 2.75) is 11.8 Å². The largest absolute Gasteiger partial charge is 0.272 e. The molecule has 0 saturated carbocycles. The van der Waals surface area contributed by atoms with E-state index in [1.807, 2.05) is 0 Å². The Morgan fingerprint density at radius 2 is 2.25 bits per heavy atom. The van der Waals surface area contributed by atoms with Gasteiger partial charge in [-0.2, -0.15) is 0 Å². The highest BCUT2D eigenvalue weighted by Crippen LogP contribution is 2.27. The number of rotatable bonds is 2. The Labute approximate surface area is 78.4 Å². The summed E-state index contributed by atoms with van der Waals surface area (Å²) in [4.78, 5) is 10.8. The maximum Gasteiger partial charge on any atom is 0.272 e. The lowest BCUT2D eigenvalue weighted by atomic mass is 10.2. The first-order chi connectivity index (χ1) is 5.65. The maximum absolute atomic E-state index is 10.4. The predicted octanol–water partition coefficient (Wildman–Crippen LogP) is 3.15. The Balaban J connectivity index is 3.12. The molecule has 0 radical (unpaired) electrons. The molecule has 0 saturated heterocycles. The van der Waals surface area contributed by atoms with E-state index in [0.717, 1.165) is 15.9 Å². The molecule has 0 N–H and O–H groups in total. The molecule has 0 aliphatic rings. The monoisotopic (exact) mass is 203 g/mol. The molecule has 0 heterocycles. The number of hydrogen-bond donors (Lipinski definition) is 0. The standard InChI is InChI=1S/C7H6ClNO2S/c1-5-4-6(12-8)2-3-7(5)9(10)11/h2-4H,1H3. The fourth-order valence-electron chi connectivity index (χ4n) is 0.881. The van der Waals surface area contributed by atoms with Crippen LogP contribution in [-0.4, -0.2) is 4.92 Å². The highest BCUT2D eigenvalue weighted by atomic mass is 35.7. The predicted molar refractivity (Wildman–Crippen MR) is 49.5 cm³/mol. The van der Waals surface area contributed by atoms with E-state index in [-0.39, 0.29) is 5.69 Å². The van der Waals surface area contributed by atoms with Crippen molar-refractivity contribution in [3.63, 3.8) is 0 Å². The topological polar surface area (TPSA) is 43.1 Å². The molecular weight excluding hydrogens is 198 g/mol. The summed E-state index contributed by atoms with van der Waals surface area (Å²) >= 11 is 0. The third-order valence-corrected chi connectivity index (χ3v) is 2.42. The minimum Gasteiger partial charge on any atom is -0.258 e. The van der Waals surface area contributed by atoms with Crippen LogP contribution in [0.15, 0.2) is 23.1 Å². The summed E-state index contributed by atoms with van der Waals surface area (Å²) < 4.78 is 0. The zero-order chi connectivity index (χ0) is 9.14. The van der Waals surface area contributed by atoms with Gasteiger partial charge in [-0.15, -0.1) is 0 Å². The molecule has 0 aromatic heterocycles. The molecule has 3 nitrogen and oxygen atoms in total. The summed E-state index contributed by atoms with van der Waals surface area (Å²) in [6, 6.07) is 4.78. The average molecular weight is 204 g/mol. The molecule has 0 fully saturated rings. The molecule has 5 heteroatoms. The van der Waals surface area contributed by atoms with Crippen LogP contribution in [0.4, 0.5) is 5.69 Å². The third-order valence-electron chi connectivity index (χ3n) is 1.45. The Bertz CT molecular complexity index is 316. The van der Waals surface area contributed by atoms with Crippen LogP contribution in [-0.2, 0) is 0 Å². The summed E-state index contributed by atoms with van der Waals surface area (Å²) in [5.41, 5.74) is 0.759. The van der Waals surface area contributed by atoms with E-state index in [4.69, 9.17) is 10.7 Å². The normalized spacial score (nSPS) is 9.83. The second-order valence-electron chi connectivity index (χ2n) is 2.28. The van der Waals surface area contributed by atoms with Gasteiger partial charge in [0.1, 0.15) is 0 Å². The number of nitrogens with zero attached hydrogens (tertiary/aromatic N) is 1. The Morgan fingerprint density at radius 1 is 1.58 bits per heavy atom. The van der Waals surface area contributed by atoms with Crippen molar-refractivity contribution in [2.75, 3.05) is 0 Å². The van der Waals surface area contributed by atoms with Crippen molar-refractivity contribution in [1.82, 2.24) is 0 Å².